The summed E-state index contributed by atoms with van der Waals surface area (Å²) in [4.78, 5) is 26.2. The molecule has 1 aliphatic carbocycles. The molecule has 1 aromatic rings. The molecule has 2 aliphatic rings. The molecule has 6 nitrogen and oxygen atoms in total. The first-order chi connectivity index (χ1) is 11.1. The van der Waals surface area contributed by atoms with Crippen LogP contribution in [0, 0.1) is 5.92 Å². The van der Waals surface area contributed by atoms with Gasteiger partial charge < -0.3 is 10.6 Å². The number of fused-ring (bicyclic) bond motifs is 1. The van der Waals surface area contributed by atoms with Gasteiger partial charge in [0.25, 0.3) is 5.91 Å². The molecular formula is C17H23N3O3. The van der Waals surface area contributed by atoms with E-state index in [4.69, 9.17) is 10.9 Å². The van der Waals surface area contributed by atoms with Crippen LogP contribution < -0.4 is 11.2 Å². The molecule has 2 atom stereocenters. The van der Waals surface area contributed by atoms with E-state index in [1.54, 1.807) is 17.6 Å². The van der Waals surface area contributed by atoms with E-state index in [1.165, 1.54) is 0 Å². The normalized spacial score (nSPS) is 24.0. The number of carbonyl (C=O) groups is 2. The summed E-state index contributed by atoms with van der Waals surface area (Å²) in [5.41, 5.74) is 10.3. The molecule has 124 valence electrons. The zero-order chi connectivity index (χ0) is 16.4. The molecule has 1 fully saturated rings. The van der Waals surface area contributed by atoms with E-state index in [-0.39, 0.29) is 17.9 Å². The fourth-order valence-electron chi connectivity index (χ4n) is 3.65. The van der Waals surface area contributed by atoms with E-state index in [0.29, 0.717) is 18.7 Å². The van der Waals surface area contributed by atoms with E-state index in [0.717, 1.165) is 43.2 Å². The van der Waals surface area contributed by atoms with E-state index in [2.05, 4.69) is 0 Å². The van der Waals surface area contributed by atoms with Gasteiger partial charge in [0, 0.05) is 24.7 Å². The van der Waals surface area contributed by atoms with Gasteiger partial charge in [0.2, 0.25) is 5.91 Å². The molecule has 0 radical (unpaired) electrons. The minimum absolute atomic E-state index is 0.0378. The Kier molecular flexibility index (Phi) is 4.63. The summed E-state index contributed by atoms with van der Waals surface area (Å²) in [6.45, 7) is 1.20. The molecule has 0 saturated heterocycles. The molecule has 1 saturated carbocycles. The number of nitrogens with zero attached hydrogens (tertiary/aromatic N) is 1. The molecule has 0 spiro atoms. The summed E-state index contributed by atoms with van der Waals surface area (Å²) >= 11 is 0. The number of rotatable bonds is 2. The summed E-state index contributed by atoms with van der Waals surface area (Å²) in [5.74, 6) is -0.473. The van der Waals surface area contributed by atoms with Crippen molar-refractivity contribution < 1.29 is 14.8 Å². The molecular weight excluding hydrogens is 294 g/mol. The molecule has 0 aromatic heterocycles. The van der Waals surface area contributed by atoms with Gasteiger partial charge in [0.1, 0.15) is 0 Å². The van der Waals surface area contributed by atoms with Gasteiger partial charge >= 0.3 is 0 Å². The van der Waals surface area contributed by atoms with Crippen molar-refractivity contribution in [2.45, 2.75) is 44.7 Å². The Balaban J connectivity index is 1.76. The van der Waals surface area contributed by atoms with Crippen LogP contribution >= 0.6 is 0 Å². The van der Waals surface area contributed by atoms with Gasteiger partial charge in [-0.15, -0.1) is 0 Å². The monoisotopic (exact) mass is 317 g/mol. The van der Waals surface area contributed by atoms with Gasteiger partial charge in [-0.25, -0.2) is 5.48 Å². The number of hydrogen-bond donors (Lipinski definition) is 3. The van der Waals surface area contributed by atoms with E-state index >= 15 is 0 Å². The Morgan fingerprint density at radius 1 is 1.22 bits per heavy atom. The van der Waals surface area contributed by atoms with Gasteiger partial charge in [0.15, 0.2) is 0 Å². The summed E-state index contributed by atoms with van der Waals surface area (Å²) in [6.07, 6.45) is 4.74. The number of nitrogens with one attached hydrogen (secondary N) is 1. The van der Waals surface area contributed by atoms with Gasteiger partial charge in [-0.3, -0.25) is 14.8 Å². The summed E-state index contributed by atoms with van der Waals surface area (Å²) in [7, 11) is 0. The molecule has 1 aliphatic heterocycles. The average molecular weight is 317 g/mol. The lowest BCUT2D eigenvalue weighted by Crippen LogP contribution is -2.47. The smallest absolute Gasteiger partial charge is 0.274 e. The highest BCUT2D eigenvalue weighted by Crippen LogP contribution is 2.28. The predicted molar refractivity (Wildman–Crippen MR) is 84.7 cm³/mol. The van der Waals surface area contributed by atoms with Crippen LogP contribution in [0.4, 0.5) is 0 Å². The van der Waals surface area contributed by atoms with Crippen LogP contribution in [-0.4, -0.2) is 34.5 Å². The second kappa shape index (κ2) is 6.68. The lowest BCUT2D eigenvalue weighted by Gasteiger charge is -2.35. The van der Waals surface area contributed by atoms with Crippen LogP contribution in [0.3, 0.4) is 0 Å². The largest absolute Gasteiger partial charge is 0.338 e. The third-order valence-electron chi connectivity index (χ3n) is 5.03. The van der Waals surface area contributed by atoms with E-state index in [1.807, 2.05) is 11.0 Å². The first kappa shape index (κ1) is 16.0. The highest BCUT2D eigenvalue weighted by molar-refractivity contribution is 5.93. The second-order valence-electron chi connectivity index (χ2n) is 6.49. The second-order valence-corrected chi connectivity index (χ2v) is 6.49. The Bertz CT molecular complexity index is 617. The molecule has 6 heteroatoms. The maximum Gasteiger partial charge on any atom is 0.274 e. The lowest BCUT2D eigenvalue weighted by atomic mass is 9.83. The molecule has 2 unspecified atom stereocenters. The number of amides is 2. The maximum absolute atomic E-state index is 12.8. The minimum atomic E-state index is -0.537. The molecule has 3 rings (SSSR count). The molecule has 4 N–H and O–H groups in total. The van der Waals surface area contributed by atoms with Gasteiger partial charge in [-0.05, 0) is 42.5 Å². The van der Waals surface area contributed by atoms with Crippen molar-refractivity contribution in [3.63, 3.8) is 0 Å². The molecule has 23 heavy (non-hydrogen) atoms. The van der Waals surface area contributed by atoms with Gasteiger partial charge in [-0.1, -0.05) is 18.9 Å². The van der Waals surface area contributed by atoms with E-state index < -0.39 is 5.91 Å². The summed E-state index contributed by atoms with van der Waals surface area (Å²) in [5, 5.41) is 8.75. The number of benzene rings is 1. The Hall–Kier alpha value is -1.92. The van der Waals surface area contributed by atoms with Crippen LogP contribution in [0.25, 0.3) is 0 Å². The molecule has 2 amide bonds. The Morgan fingerprint density at radius 2 is 2.00 bits per heavy atom. The SMILES string of the molecule is NC1CCCCC1C(=O)N1CCc2ccc(C(=O)NO)cc2C1. The number of hydroxylamine groups is 1. The average Bonchev–Trinajstić information content (AvgIpc) is 2.60. The van der Waals surface area contributed by atoms with E-state index in [9.17, 15) is 9.59 Å². The Labute approximate surface area is 135 Å². The first-order valence-corrected chi connectivity index (χ1v) is 8.20. The van der Waals surface area contributed by atoms with Gasteiger partial charge in [0.05, 0.1) is 5.92 Å². The van der Waals surface area contributed by atoms with Crippen molar-refractivity contribution in [1.29, 1.82) is 0 Å². The topological polar surface area (TPSA) is 95.7 Å². The van der Waals surface area contributed by atoms with Crippen molar-refractivity contribution >= 4 is 11.8 Å². The zero-order valence-electron chi connectivity index (χ0n) is 13.1. The number of carbonyl (C=O) groups excluding carboxylic acids is 2. The fourth-order valence-corrected chi connectivity index (χ4v) is 3.65. The zero-order valence-corrected chi connectivity index (χ0v) is 13.1. The third kappa shape index (κ3) is 3.23. The van der Waals surface area contributed by atoms with Crippen LogP contribution in [0.2, 0.25) is 0 Å². The number of hydrogen-bond acceptors (Lipinski definition) is 4. The Morgan fingerprint density at radius 3 is 2.74 bits per heavy atom. The van der Waals surface area contributed by atoms with Crippen molar-refractivity contribution in [2.24, 2.45) is 11.7 Å². The summed E-state index contributed by atoms with van der Waals surface area (Å²) in [6, 6.07) is 5.30. The van der Waals surface area contributed by atoms with Gasteiger partial charge in [-0.2, -0.15) is 0 Å². The van der Waals surface area contributed by atoms with Crippen molar-refractivity contribution in [3.8, 4) is 0 Å². The van der Waals surface area contributed by atoms with Crippen LogP contribution in [0.15, 0.2) is 18.2 Å². The standard InChI is InChI=1S/C17H23N3O3/c18-15-4-2-1-3-14(15)17(22)20-8-7-11-5-6-12(16(21)19-23)9-13(11)10-20/h5-6,9,14-15,23H,1-4,7-8,10,18H2,(H,19,21). The molecule has 1 heterocycles. The third-order valence-corrected chi connectivity index (χ3v) is 5.03. The van der Waals surface area contributed by atoms with Crippen molar-refractivity contribution in [1.82, 2.24) is 10.4 Å². The first-order valence-electron chi connectivity index (χ1n) is 8.20. The minimum Gasteiger partial charge on any atom is -0.338 e. The quantitative estimate of drug-likeness (QED) is 0.564. The van der Waals surface area contributed by atoms with Crippen LogP contribution in [0.1, 0.15) is 47.2 Å². The van der Waals surface area contributed by atoms with Crippen LogP contribution in [0.5, 0.6) is 0 Å². The maximum atomic E-state index is 12.8. The van der Waals surface area contributed by atoms with Crippen LogP contribution in [-0.2, 0) is 17.8 Å². The van der Waals surface area contributed by atoms with Crippen molar-refractivity contribution in [2.75, 3.05) is 6.54 Å². The highest BCUT2D eigenvalue weighted by Gasteiger charge is 2.33. The highest BCUT2D eigenvalue weighted by atomic mass is 16.5. The van der Waals surface area contributed by atoms with Crippen molar-refractivity contribution in [3.05, 3.63) is 34.9 Å². The molecule has 0 bridgehead atoms. The number of nitrogens with two attached hydrogens (primary N) is 1. The summed E-state index contributed by atoms with van der Waals surface area (Å²) < 4.78 is 0. The lowest BCUT2D eigenvalue weighted by molar-refractivity contribution is -0.138. The predicted octanol–water partition coefficient (Wildman–Crippen LogP) is 1.21. The molecule has 1 aromatic carbocycles. The fraction of sp³-hybridized carbons (Fsp3) is 0.529.